The Morgan fingerprint density at radius 3 is 2.59 bits per heavy atom. The van der Waals surface area contributed by atoms with Gasteiger partial charge >= 0.3 is 6.18 Å². The summed E-state index contributed by atoms with van der Waals surface area (Å²) >= 11 is 1.70. The molecule has 27 heavy (non-hydrogen) atoms. The van der Waals surface area contributed by atoms with Gasteiger partial charge in [-0.05, 0) is 58.9 Å². The van der Waals surface area contributed by atoms with E-state index in [9.17, 15) is 18.0 Å². The second-order valence-electron chi connectivity index (χ2n) is 6.87. The summed E-state index contributed by atoms with van der Waals surface area (Å²) in [5, 5.41) is 6.32. The van der Waals surface area contributed by atoms with Crippen LogP contribution in [-0.4, -0.2) is 12.5 Å². The zero-order valence-corrected chi connectivity index (χ0v) is 15.2. The number of fused-ring (bicyclic) bond motifs is 1. The molecule has 1 aromatic heterocycles. The Bertz CT molecular complexity index is 961. The maximum atomic E-state index is 12.6. The van der Waals surface area contributed by atoms with Crippen molar-refractivity contribution in [2.45, 2.75) is 24.9 Å². The first-order valence-corrected chi connectivity index (χ1v) is 9.71. The van der Waals surface area contributed by atoms with Crippen LogP contribution in [0.2, 0.25) is 0 Å². The van der Waals surface area contributed by atoms with E-state index in [0.717, 1.165) is 24.1 Å². The molecule has 2 nitrogen and oxygen atoms in total. The lowest BCUT2D eigenvalue weighted by Crippen LogP contribution is -2.27. The van der Waals surface area contributed by atoms with Crippen LogP contribution in [0.15, 0.2) is 53.9 Å². The number of carbonyl (C=O) groups excluding carboxylic acids is 1. The molecule has 6 heteroatoms. The number of hydrogen-bond donors (Lipinski definition) is 1. The minimum absolute atomic E-state index is 0.0144. The number of alkyl halides is 3. The van der Waals surface area contributed by atoms with Crippen LogP contribution in [0.4, 0.5) is 13.2 Å². The Kier molecular flexibility index (Phi) is 4.68. The van der Waals surface area contributed by atoms with Crippen molar-refractivity contribution in [2.75, 3.05) is 6.54 Å². The Hall–Kier alpha value is -2.34. The maximum absolute atomic E-state index is 12.6. The minimum Gasteiger partial charge on any atom is -0.356 e. The van der Waals surface area contributed by atoms with Crippen LogP contribution in [0.3, 0.4) is 0 Å². The number of amides is 1. The molecule has 0 aliphatic heterocycles. The van der Waals surface area contributed by atoms with Gasteiger partial charge in [0.2, 0.25) is 5.91 Å². The number of rotatable bonds is 5. The number of thiophene rings is 1. The molecule has 0 bridgehead atoms. The first-order valence-electron chi connectivity index (χ1n) is 8.83. The van der Waals surface area contributed by atoms with E-state index in [2.05, 4.69) is 22.8 Å². The highest BCUT2D eigenvalue weighted by molar-refractivity contribution is 7.17. The maximum Gasteiger partial charge on any atom is 0.416 e. The van der Waals surface area contributed by atoms with E-state index in [1.54, 1.807) is 11.3 Å². The van der Waals surface area contributed by atoms with Crippen molar-refractivity contribution in [1.29, 1.82) is 0 Å². The Balaban J connectivity index is 1.30. The van der Waals surface area contributed by atoms with E-state index in [-0.39, 0.29) is 17.7 Å². The molecule has 2 unspecified atom stereocenters. The second kappa shape index (κ2) is 7.00. The normalized spacial score (nSPS) is 19.2. The van der Waals surface area contributed by atoms with Crippen LogP contribution in [0.1, 0.15) is 29.0 Å². The number of hydrogen-bond acceptors (Lipinski definition) is 2. The number of nitrogens with one attached hydrogen (secondary N) is 1. The third-order valence-electron chi connectivity index (χ3n) is 5.05. The second-order valence-corrected chi connectivity index (χ2v) is 7.78. The van der Waals surface area contributed by atoms with Crippen molar-refractivity contribution in [3.63, 3.8) is 0 Å². The monoisotopic (exact) mass is 389 g/mol. The van der Waals surface area contributed by atoms with Crippen LogP contribution >= 0.6 is 11.3 Å². The van der Waals surface area contributed by atoms with Gasteiger partial charge in [0.15, 0.2) is 0 Å². The summed E-state index contributed by atoms with van der Waals surface area (Å²) in [6.45, 7) is 0.565. The van der Waals surface area contributed by atoms with Gasteiger partial charge in [-0.3, -0.25) is 4.79 Å². The van der Waals surface area contributed by atoms with E-state index < -0.39 is 11.7 Å². The molecular weight excluding hydrogens is 371 g/mol. The van der Waals surface area contributed by atoms with Crippen molar-refractivity contribution in [3.8, 4) is 0 Å². The summed E-state index contributed by atoms with van der Waals surface area (Å²) in [4.78, 5) is 12.3. The lowest BCUT2D eigenvalue weighted by molar-refractivity contribution is -0.137. The molecule has 0 radical (unpaired) electrons. The Labute approximate surface area is 159 Å². The van der Waals surface area contributed by atoms with E-state index >= 15 is 0 Å². The van der Waals surface area contributed by atoms with Gasteiger partial charge in [-0.25, -0.2) is 0 Å². The fourth-order valence-corrected chi connectivity index (χ4v) is 4.45. The molecule has 3 aromatic rings. The molecule has 1 aliphatic rings. The zero-order chi connectivity index (χ0) is 19.0. The predicted molar refractivity (Wildman–Crippen MR) is 101 cm³/mol. The lowest BCUT2D eigenvalue weighted by atomic mass is 10.1. The van der Waals surface area contributed by atoms with Gasteiger partial charge in [0.25, 0.3) is 0 Å². The molecule has 2 aromatic carbocycles. The van der Waals surface area contributed by atoms with Crippen molar-refractivity contribution in [2.24, 2.45) is 5.92 Å². The number of halogens is 3. The van der Waals surface area contributed by atoms with Gasteiger partial charge in [-0.15, -0.1) is 11.3 Å². The molecule has 4 rings (SSSR count). The molecule has 1 saturated carbocycles. The van der Waals surface area contributed by atoms with Crippen molar-refractivity contribution < 1.29 is 18.0 Å². The molecule has 2 atom stereocenters. The fourth-order valence-electron chi connectivity index (χ4n) is 3.45. The average molecular weight is 389 g/mol. The molecule has 140 valence electrons. The van der Waals surface area contributed by atoms with Gasteiger partial charge in [-0.1, -0.05) is 30.3 Å². The standard InChI is InChI=1S/C21H18F3NOS/c22-21(23,24)15-7-5-13(6-8-15)17-11-18(17)20(26)25-10-9-14-12-27-19-4-2-1-3-16(14)19/h1-8,12,17-18H,9-11H2,(H,25,26). The molecule has 1 fully saturated rings. The molecule has 1 N–H and O–H groups in total. The molecule has 0 spiro atoms. The highest BCUT2D eigenvalue weighted by atomic mass is 32.1. The SMILES string of the molecule is O=C(NCCc1csc2ccccc12)C1CC1c1ccc(C(F)(F)F)cc1. The van der Waals surface area contributed by atoms with Crippen molar-refractivity contribution >= 4 is 27.3 Å². The summed E-state index contributed by atoms with van der Waals surface area (Å²) in [5.41, 5.74) is 1.37. The quantitative estimate of drug-likeness (QED) is 0.623. The van der Waals surface area contributed by atoms with Crippen LogP contribution in [-0.2, 0) is 17.4 Å². The summed E-state index contributed by atoms with van der Waals surface area (Å²) < 4.78 is 39.1. The van der Waals surface area contributed by atoms with Crippen molar-refractivity contribution in [1.82, 2.24) is 5.32 Å². The zero-order valence-electron chi connectivity index (χ0n) is 14.4. The van der Waals surface area contributed by atoms with E-state index in [0.29, 0.717) is 13.0 Å². The Morgan fingerprint density at radius 2 is 1.85 bits per heavy atom. The van der Waals surface area contributed by atoms with E-state index in [1.165, 1.54) is 27.8 Å². The van der Waals surface area contributed by atoms with Crippen LogP contribution in [0.5, 0.6) is 0 Å². The molecule has 0 saturated heterocycles. The van der Waals surface area contributed by atoms with Crippen LogP contribution in [0, 0.1) is 5.92 Å². The molecule has 1 aliphatic carbocycles. The predicted octanol–water partition coefficient (Wildman–Crippen LogP) is 5.38. The first kappa shape index (κ1) is 18.0. The number of carbonyl (C=O) groups is 1. The lowest BCUT2D eigenvalue weighted by Gasteiger charge is -2.08. The van der Waals surface area contributed by atoms with Gasteiger partial charge in [-0.2, -0.15) is 13.2 Å². The molecule has 1 heterocycles. The van der Waals surface area contributed by atoms with Gasteiger partial charge in [0, 0.05) is 17.2 Å². The van der Waals surface area contributed by atoms with Gasteiger partial charge in [0.1, 0.15) is 0 Å². The number of benzene rings is 2. The van der Waals surface area contributed by atoms with Gasteiger partial charge < -0.3 is 5.32 Å². The summed E-state index contributed by atoms with van der Waals surface area (Å²) in [6.07, 6.45) is -2.86. The fraction of sp³-hybridized carbons (Fsp3) is 0.286. The van der Waals surface area contributed by atoms with Crippen LogP contribution in [0.25, 0.3) is 10.1 Å². The van der Waals surface area contributed by atoms with Crippen molar-refractivity contribution in [3.05, 3.63) is 70.6 Å². The minimum atomic E-state index is -4.33. The highest BCUT2D eigenvalue weighted by Crippen LogP contribution is 2.48. The van der Waals surface area contributed by atoms with Crippen LogP contribution < -0.4 is 5.32 Å². The molecule has 1 amide bonds. The smallest absolute Gasteiger partial charge is 0.356 e. The van der Waals surface area contributed by atoms with Gasteiger partial charge in [0.05, 0.1) is 5.56 Å². The average Bonchev–Trinajstić information content (AvgIpc) is 3.36. The first-order chi connectivity index (χ1) is 12.9. The molecular formula is C21H18F3NOS. The topological polar surface area (TPSA) is 29.1 Å². The Morgan fingerprint density at radius 1 is 1.11 bits per heavy atom. The van der Waals surface area contributed by atoms with E-state index in [4.69, 9.17) is 0 Å². The summed E-state index contributed by atoms with van der Waals surface area (Å²) in [6, 6.07) is 13.3. The third-order valence-corrected chi connectivity index (χ3v) is 6.06. The summed E-state index contributed by atoms with van der Waals surface area (Å²) in [5.74, 6) is -0.130. The highest BCUT2D eigenvalue weighted by Gasteiger charge is 2.44. The summed E-state index contributed by atoms with van der Waals surface area (Å²) in [7, 11) is 0. The van der Waals surface area contributed by atoms with E-state index in [1.807, 2.05) is 12.1 Å². The third kappa shape index (κ3) is 3.86. The largest absolute Gasteiger partial charge is 0.416 e.